The lowest BCUT2D eigenvalue weighted by Gasteiger charge is -2.27. The molecule has 3 aromatic rings. The maximum absolute atomic E-state index is 6.05. The van der Waals surface area contributed by atoms with E-state index in [2.05, 4.69) is 80.9 Å². The predicted octanol–water partition coefficient (Wildman–Crippen LogP) is 4.31. The molecule has 8 heteroatoms. The van der Waals surface area contributed by atoms with E-state index in [0.29, 0.717) is 24.6 Å². The van der Waals surface area contributed by atoms with Gasteiger partial charge in [0.15, 0.2) is 17.0 Å². The van der Waals surface area contributed by atoms with Gasteiger partial charge in [-0.1, -0.05) is 12.1 Å². The molecular weight excluding hydrogens is 477 g/mol. The van der Waals surface area contributed by atoms with Crippen molar-refractivity contribution in [2.75, 3.05) is 10.6 Å². The number of rotatable bonds is 6. The van der Waals surface area contributed by atoms with E-state index < -0.39 is 0 Å². The van der Waals surface area contributed by atoms with Gasteiger partial charge in [-0.2, -0.15) is 9.97 Å². The van der Waals surface area contributed by atoms with Crippen LogP contribution in [-0.4, -0.2) is 31.6 Å². The van der Waals surface area contributed by atoms with Crippen molar-refractivity contribution in [3.63, 3.8) is 0 Å². The number of hydrogen-bond acceptors (Lipinski definition) is 6. The van der Waals surface area contributed by atoms with Gasteiger partial charge >= 0.3 is 0 Å². The molecule has 0 aliphatic heterocycles. The van der Waals surface area contributed by atoms with Gasteiger partial charge in [0.1, 0.15) is 0 Å². The minimum atomic E-state index is 0.277. The Morgan fingerprint density at radius 1 is 1.14 bits per heavy atom. The molecule has 2 aromatic heterocycles. The Morgan fingerprint density at radius 2 is 1.86 bits per heavy atom. The quantitative estimate of drug-likeness (QED) is 0.433. The summed E-state index contributed by atoms with van der Waals surface area (Å²) in [6.45, 7) is 4.96. The largest absolute Gasteiger partial charge is 0.364 e. The fourth-order valence-electron chi connectivity index (χ4n) is 3.72. The molecule has 1 fully saturated rings. The number of anilines is 2. The van der Waals surface area contributed by atoms with Crippen LogP contribution in [0.25, 0.3) is 11.2 Å². The van der Waals surface area contributed by atoms with Crippen LogP contribution in [0.15, 0.2) is 30.6 Å². The summed E-state index contributed by atoms with van der Waals surface area (Å²) in [6.07, 6.45) is 6.04. The molecule has 2 heterocycles. The first-order chi connectivity index (χ1) is 14.0. The number of imidazole rings is 1. The minimum Gasteiger partial charge on any atom is -0.364 e. The summed E-state index contributed by atoms with van der Waals surface area (Å²) in [5.41, 5.74) is 8.92. The lowest BCUT2D eigenvalue weighted by molar-refractivity contribution is 0.410. The van der Waals surface area contributed by atoms with Crippen molar-refractivity contribution < 1.29 is 0 Å². The first-order valence-corrected chi connectivity index (χ1v) is 11.3. The molecule has 1 aromatic carbocycles. The van der Waals surface area contributed by atoms with Crippen LogP contribution >= 0.6 is 22.6 Å². The maximum Gasteiger partial charge on any atom is 0.227 e. The predicted molar refractivity (Wildman–Crippen MR) is 126 cm³/mol. The number of halogens is 1. The van der Waals surface area contributed by atoms with E-state index in [1.165, 1.54) is 9.13 Å². The van der Waals surface area contributed by atoms with Crippen molar-refractivity contribution in [2.45, 2.75) is 64.2 Å². The highest BCUT2D eigenvalue weighted by atomic mass is 127. The van der Waals surface area contributed by atoms with Crippen LogP contribution in [0.3, 0.4) is 0 Å². The van der Waals surface area contributed by atoms with Gasteiger partial charge in [0.25, 0.3) is 0 Å². The Labute approximate surface area is 185 Å². The van der Waals surface area contributed by atoms with Crippen LogP contribution in [0, 0.1) is 3.57 Å². The summed E-state index contributed by atoms with van der Waals surface area (Å²) in [6, 6.07) is 9.45. The molecule has 4 N–H and O–H groups in total. The molecule has 0 atom stereocenters. The maximum atomic E-state index is 6.05. The Balaban J connectivity index is 1.61. The molecule has 0 bridgehead atoms. The van der Waals surface area contributed by atoms with E-state index >= 15 is 0 Å². The number of benzene rings is 1. The van der Waals surface area contributed by atoms with Crippen molar-refractivity contribution >= 4 is 45.5 Å². The average molecular weight is 505 g/mol. The summed E-state index contributed by atoms with van der Waals surface area (Å²) in [7, 11) is 0. The third-order valence-corrected chi connectivity index (χ3v) is 6.18. The van der Waals surface area contributed by atoms with Crippen molar-refractivity contribution in [2.24, 2.45) is 5.73 Å². The molecule has 4 rings (SSSR count). The number of hydrogen-bond donors (Lipinski definition) is 3. The Morgan fingerprint density at radius 3 is 2.55 bits per heavy atom. The lowest BCUT2D eigenvalue weighted by atomic mass is 9.92. The normalized spacial score (nSPS) is 19.6. The molecular formula is C21H28IN7. The fraction of sp³-hybridized carbons (Fsp3) is 0.476. The van der Waals surface area contributed by atoms with Gasteiger partial charge in [0.05, 0.1) is 6.33 Å². The third-order valence-electron chi connectivity index (χ3n) is 5.46. The van der Waals surface area contributed by atoms with Crippen LogP contribution < -0.4 is 16.4 Å². The zero-order chi connectivity index (χ0) is 20.4. The zero-order valence-corrected chi connectivity index (χ0v) is 19.1. The van der Waals surface area contributed by atoms with Crippen LogP contribution in [-0.2, 0) is 6.54 Å². The highest BCUT2D eigenvalue weighted by Gasteiger charge is 2.21. The van der Waals surface area contributed by atoms with Gasteiger partial charge in [-0.3, -0.25) is 0 Å². The summed E-state index contributed by atoms with van der Waals surface area (Å²) < 4.78 is 3.32. The van der Waals surface area contributed by atoms with Crippen molar-refractivity contribution in [1.82, 2.24) is 19.5 Å². The van der Waals surface area contributed by atoms with Crippen LogP contribution in [0.5, 0.6) is 0 Å². The second-order valence-electron chi connectivity index (χ2n) is 8.05. The number of nitrogens with zero attached hydrogens (tertiary/aromatic N) is 4. The average Bonchev–Trinajstić information content (AvgIpc) is 3.13. The van der Waals surface area contributed by atoms with E-state index in [9.17, 15) is 0 Å². The molecule has 0 unspecified atom stereocenters. The molecule has 1 aliphatic carbocycles. The summed E-state index contributed by atoms with van der Waals surface area (Å²) in [4.78, 5) is 14.2. The second kappa shape index (κ2) is 8.83. The van der Waals surface area contributed by atoms with E-state index in [4.69, 9.17) is 15.7 Å². The number of aromatic nitrogens is 4. The Bertz CT molecular complexity index is 959. The van der Waals surface area contributed by atoms with Gasteiger partial charge in [-0.25, -0.2) is 4.98 Å². The van der Waals surface area contributed by atoms with Crippen molar-refractivity contribution in [3.8, 4) is 0 Å². The smallest absolute Gasteiger partial charge is 0.227 e. The van der Waals surface area contributed by atoms with E-state index in [1.54, 1.807) is 0 Å². The topological polar surface area (TPSA) is 93.7 Å². The molecule has 0 radical (unpaired) electrons. The Hall–Kier alpha value is -1.94. The van der Waals surface area contributed by atoms with Gasteiger partial charge in [0.2, 0.25) is 5.95 Å². The highest BCUT2D eigenvalue weighted by Crippen LogP contribution is 2.26. The lowest BCUT2D eigenvalue weighted by Crippen LogP contribution is -2.33. The number of nitrogens with two attached hydrogens (primary N) is 1. The van der Waals surface area contributed by atoms with Gasteiger partial charge in [0, 0.05) is 28.2 Å². The van der Waals surface area contributed by atoms with Crippen molar-refractivity contribution in [1.29, 1.82) is 0 Å². The fourth-order valence-corrected chi connectivity index (χ4v) is 4.08. The van der Waals surface area contributed by atoms with Crippen molar-refractivity contribution in [3.05, 3.63) is 39.7 Å². The second-order valence-corrected chi connectivity index (χ2v) is 9.30. The summed E-state index contributed by atoms with van der Waals surface area (Å²) in [5.74, 6) is 1.42. The monoisotopic (exact) mass is 505 g/mol. The molecule has 0 spiro atoms. The van der Waals surface area contributed by atoms with Crippen LogP contribution in [0.1, 0.15) is 51.1 Å². The number of fused-ring (bicyclic) bond motifs is 1. The third kappa shape index (κ3) is 4.80. The standard InChI is InChI=1S/C21H28IN7/c1-13(2)29-12-25-18-19(24-11-14-3-5-15(22)6-4-14)27-21(28-20(18)29)26-17-9-7-16(23)8-10-17/h3-6,12-13,16-17H,7-11,23H2,1-2H3,(H2,24,26,27,28). The van der Waals surface area contributed by atoms with Crippen LogP contribution in [0.4, 0.5) is 11.8 Å². The molecule has 1 aliphatic rings. The zero-order valence-electron chi connectivity index (χ0n) is 16.9. The molecule has 0 amide bonds. The van der Waals surface area contributed by atoms with Gasteiger partial charge in [-0.15, -0.1) is 0 Å². The molecule has 7 nitrogen and oxygen atoms in total. The highest BCUT2D eigenvalue weighted by molar-refractivity contribution is 14.1. The molecule has 29 heavy (non-hydrogen) atoms. The first-order valence-electron chi connectivity index (χ1n) is 10.2. The molecule has 0 saturated heterocycles. The Kier molecular flexibility index (Phi) is 6.19. The van der Waals surface area contributed by atoms with E-state index in [-0.39, 0.29) is 6.04 Å². The summed E-state index contributed by atoms with van der Waals surface area (Å²) >= 11 is 2.32. The molecule has 154 valence electrons. The minimum absolute atomic E-state index is 0.277. The number of nitrogens with one attached hydrogen (secondary N) is 2. The van der Waals surface area contributed by atoms with E-state index in [0.717, 1.165) is 42.7 Å². The van der Waals surface area contributed by atoms with Gasteiger partial charge < -0.3 is 20.9 Å². The van der Waals surface area contributed by atoms with Crippen LogP contribution in [0.2, 0.25) is 0 Å². The van der Waals surface area contributed by atoms with E-state index in [1.807, 2.05) is 6.33 Å². The van der Waals surface area contributed by atoms with Gasteiger partial charge in [-0.05, 0) is 79.8 Å². The SMILES string of the molecule is CC(C)n1cnc2c(NCc3ccc(I)cc3)nc(NC3CCC(N)CC3)nc21. The molecule has 1 saturated carbocycles. The first kappa shape index (κ1) is 20.3. The summed E-state index contributed by atoms with van der Waals surface area (Å²) in [5, 5.41) is 7.01.